The molecule has 27 heavy (non-hydrogen) atoms. The Kier molecular flexibility index (Phi) is 7.87. The predicted octanol–water partition coefficient (Wildman–Crippen LogP) is 7.36. The zero-order valence-electron chi connectivity index (χ0n) is 13.6. The Hall–Kier alpha value is -0.180. The lowest BCUT2D eigenvalue weighted by molar-refractivity contribution is -0.442. The van der Waals surface area contributed by atoms with E-state index in [1.807, 2.05) is 0 Å². The van der Waals surface area contributed by atoms with E-state index in [1.54, 1.807) is 6.92 Å². The smallest absolute Gasteiger partial charge is 0.199 e. The van der Waals surface area contributed by atoms with Gasteiger partial charge in [0.05, 0.1) is 0 Å². The summed E-state index contributed by atoms with van der Waals surface area (Å²) in [5.41, 5.74) is 0. The van der Waals surface area contributed by atoms with Crippen LogP contribution in [-0.2, 0) is 0 Å². The monoisotopic (exact) mass is 544 g/mol. The highest BCUT2D eigenvalue weighted by atomic mass is 127. The standard InChI is InChI=1S/C13H14F13I/c1-3-4-5-7(27)6(2)8(14,15)9(16,17)10(18,19)11(20,21)12(22,23)13(24,25)26/h6-7H,3-5H2,1-2H3. The fourth-order valence-corrected chi connectivity index (χ4v) is 2.84. The Morgan fingerprint density at radius 3 is 1.37 bits per heavy atom. The number of hydrogen-bond acceptors (Lipinski definition) is 0. The topological polar surface area (TPSA) is 0 Å². The zero-order valence-corrected chi connectivity index (χ0v) is 15.7. The lowest BCUT2D eigenvalue weighted by atomic mass is 9.86. The van der Waals surface area contributed by atoms with E-state index in [9.17, 15) is 57.1 Å². The number of unbranched alkanes of at least 4 members (excludes halogenated alkanes) is 1. The normalized spacial score (nSPS) is 17.8. The molecule has 0 aromatic heterocycles. The molecule has 0 aliphatic heterocycles. The first-order valence-corrected chi connectivity index (χ1v) is 8.49. The minimum absolute atomic E-state index is 0.165. The van der Waals surface area contributed by atoms with Crippen molar-refractivity contribution in [2.45, 2.75) is 72.8 Å². The molecule has 0 aliphatic carbocycles. The second-order valence-corrected chi connectivity index (χ2v) is 7.47. The minimum atomic E-state index is -7.84. The first kappa shape index (κ1) is 26.8. The quantitative estimate of drug-likeness (QED) is 0.162. The van der Waals surface area contributed by atoms with Crippen LogP contribution < -0.4 is 0 Å². The van der Waals surface area contributed by atoms with Crippen LogP contribution in [0.2, 0.25) is 0 Å². The SMILES string of the molecule is CCCCC(I)C(C)C(F)(F)C(F)(F)C(F)(F)C(F)(F)C(F)(F)C(F)(F)F. The van der Waals surface area contributed by atoms with Gasteiger partial charge in [-0.2, -0.15) is 57.1 Å². The third-order valence-corrected chi connectivity index (χ3v) is 5.61. The Morgan fingerprint density at radius 2 is 1.04 bits per heavy atom. The van der Waals surface area contributed by atoms with Crippen molar-refractivity contribution in [3.63, 3.8) is 0 Å². The summed E-state index contributed by atoms with van der Waals surface area (Å²) in [6.07, 6.45) is -7.08. The maximum Gasteiger partial charge on any atom is 0.460 e. The summed E-state index contributed by atoms with van der Waals surface area (Å²) >= 11 is 1.16. The third-order valence-electron chi connectivity index (χ3n) is 3.91. The van der Waals surface area contributed by atoms with Crippen molar-refractivity contribution in [2.75, 3.05) is 0 Å². The van der Waals surface area contributed by atoms with Gasteiger partial charge in [-0.25, -0.2) is 0 Å². The lowest BCUT2D eigenvalue weighted by Gasteiger charge is -2.42. The molecule has 0 nitrogen and oxygen atoms in total. The van der Waals surface area contributed by atoms with E-state index in [2.05, 4.69) is 0 Å². The Labute approximate surface area is 159 Å². The molecule has 0 spiro atoms. The number of rotatable bonds is 9. The van der Waals surface area contributed by atoms with Crippen LogP contribution in [0.15, 0.2) is 0 Å². The second-order valence-electron chi connectivity index (χ2n) is 5.87. The molecule has 0 bridgehead atoms. The molecular formula is C13H14F13I. The third kappa shape index (κ3) is 4.23. The minimum Gasteiger partial charge on any atom is -0.199 e. The molecule has 2 atom stereocenters. The van der Waals surface area contributed by atoms with Gasteiger partial charge in [-0.05, 0) is 6.42 Å². The maximum absolute atomic E-state index is 13.9. The molecule has 0 rings (SSSR count). The van der Waals surface area contributed by atoms with E-state index in [1.165, 1.54) is 0 Å². The zero-order chi connectivity index (χ0) is 22.3. The van der Waals surface area contributed by atoms with Crippen molar-refractivity contribution in [2.24, 2.45) is 5.92 Å². The highest BCUT2D eigenvalue weighted by Crippen LogP contribution is 2.61. The number of hydrogen-bond donors (Lipinski definition) is 0. The van der Waals surface area contributed by atoms with Crippen molar-refractivity contribution in [3.8, 4) is 0 Å². The van der Waals surface area contributed by atoms with Gasteiger partial charge in [-0.3, -0.25) is 0 Å². The molecule has 164 valence electrons. The van der Waals surface area contributed by atoms with Gasteiger partial charge in [0.1, 0.15) is 0 Å². The van der Waals surface area contributed by atoms with E-state index in [4.69, 9.17) is 0 Å². The molecule has 2 unspecified atom stereocenters. The second kappa shape index (κ2) is 7.92. The van der Waals surface area contributed by atoms with E-state index in [0.29, 0.717) is 6.42 Å². The van der Waals surface area contributed by atoms with Crippen molar-refractivity contribution < 1.29 is 57.1 Å². The Balaban J connectivity index is 6.15. The highest BCUT2D eigenvalue weighted by Gasteiger charge is 2.91. The molecule has 0 radical (unpaired) electrons. The summed E-state index contributed by atoms with van der Waals surface area (Å²) < 4.78 is 168. The van der Waals surface area contributed by atoms with Gasteiger partial charge < -0.3 is 0 Å². The van der Waals surface area contributed by atoms with Crippen LogP contribution in [0, 0.1) is 5.92 Å². The van der Waals surface area contributed by atoms with E-state index in [-0.39, 0.29) is 19.8 Å². The fraction of sp³-hybridized carbons (Fsp3) is 1.00. The lowest BCUT2D eigenvalue weighted by Crippen LogP contribution is -2.71. The summed E-state index contributed by atoms with van der Waals surface area (Å²) in [5, 5.41) is 0. The highest BCUT2D eigenvalue weighted by molar-refractivity contribution is 14.1. The molecule has 0 fully saturated rings. The number of halogens is 14. The number of alkyl halides is 14. The van der Waals surface area contributed by atoms with E-state index >= 15 is 0 Å². The van der Waals surface area contributed by atoms with Gasteiger partial charge in [-0.15, -0.1) is 0 Å². The molecule has 0 saturated carbocycles. The van der Waals surface area contributed by atoms with Gasteiger partial charge >= 0.3 is 35.8 Å². The van der Waals surface area contributed by atoms with Crippen molar-refractivity contribution in [1.82, 2.24) is 0 Å². The summed E-state index contributed by atoms with van der Waals surface area (Å²) in [6.45, 7) is 1.85. The van der Waals surface area contributed by atoms with Crippen LogP contribution >= 0.6 is 22.6 Å². The molecule has 0 aromatic rings. The summed E-state index contributed by atoms with van der Waals surface area (Å²) in [4.78, 5) is 0. The van der Waals surface area contributed by atoms with Crippen molar-refractivity contribution >= 4 is 22.6 Å². The molecule has 14 heteroatoms. The largest absolute Gasteiger partial charge is 0.460 e. The van der Waals surface area contributed by atoms with Crippen molar-refractivity contribution in [1.29, 1.82) is 0 Å². The molecule has 0 saturated heterocycles. The van der Waals surface area contributed by atoms with E-state index in [0.717, 1.165) is 22.6 Å². The van der Waals surface area contributed by atoms with Crippen molar-refractivity contribution in [3.05, 3.63) is 0 Å². The Morgan fingerprint density at radius 1 is 0.667 bits per heavy atom. The van der Waals surface area contributed by atoms with Crippen LogP contribution in [0.1, 0.15) is 33.1 Å². The van der Waals surface area contributed by atoms with Crippen LogP contribution in [0.25, 0.3) is 0 Å². The van der Waals surface area contributed by atoms with Crippen LogP contribution in [-0.4, -0.2) is 39.7 Å². The van der Waals surface area contributed by atoms with Crippen LogP contribution in [0.4, 0.5) is 57.1 Å². The molecule has 0 amide bonds. The Bertz CT molecular complexity index is 497. The molecular weight excluding hydrogens is 530 g/mol. The van der Waals surface area contributed by atoms with Gasteiger partial charge in [-0.1, -0.05) is 49.3 Å². The van der Waals surface area contributed by atoms with Gasteiger partial charge in [0.25, 0.3) is 0 Å². The average Bonchev–Trinajstić information content (AvgIpc) is 2.49. The molecule has 0 aromatic carbocycles. The summed E-state index contributed by atoms with van der Waals surface area (Å²) in [7, 11) is 0. The summed E-state index contributed by atoms with van der Waals surface area (Å²) in [5.74, 6) is -39.2. The maximum atomic E-state index is 13.9. The fourth-order valence-electron chi connectivity index (χ4n) is 1.94. The first-order chi connectivity index (χ1) is 11.6. The van der Waals surface area contributed by atoms with Gasteiger partial charge in [0.15, 0.2) is 0 Å². The molecule has 0 heterocycles. The van der Waals surface area contributed by atoms with Gasteiger partial charge in [0, 0.05) is 9.84 Å². The van der Waals surface area contributed by atoms with E-state index < -0.39 is 45.6 Å². The van der Waals surface area contributed by atoms with Gasteiger partial charge in [0.2, 0.25) is 0 Å². The van der Waals surface area contributed by atoms with Crippen LogP contribution in [0.5, 0.6) is 0 Å². The summed E-state index contributed by atoms with van der Waals surface area (Å²) in [6, 6.07) is 0. The first-order valence-electron chi connectivity index (χ1n) is 7.24. The molecule has 0 N–H and O–H groups in total. The molecule has 0 aliphatic rings. The van der Waals surface area contributed by atoms with Crippen LogP contribution in [0.3, 0.4) is 0 Å². The average molecular weight is 544 g/mol. The predicted molar refractivity (Wildman–Crippen MR) is 77.3 cm³/mol.